The van der Waals surface area contributed by atoms with Crippen LogP contribution in [0.2, 0.25) is 0 Å². The maximum absolute atomic E-state index is 12.6. The van der Waals surface area contributed by atoms with Gasteiger partial charge in [-0.2, -0.15) is 0 Å². The van der Waals surface area contributed by atoms with E-state index in [-0.39, 0.29) is 24.3 Å². The third-order valence-electron chi connectivity index (χ3n) is 6.31. The number of ether oxygens (including phenoxy) is 1. The first-order valence-corrected chi connectivity index (χ1v) is 14.3. The van der Waals surface area contributed by atoms with Gasteiger partial charge in [0, 0.05) is 42.7 Å². The normalized spacial score (nSPS) is 16.1. The molecule has 0 radical (unpaired) electrons. The summed E-state index contributed by atoms with van der Waals surface area (Å²) >= 11 is 8.37. The van der Waals surface area contributed by atoms with Gasteiger partial charge in [0.15, 0.2) is 6.61 Å². The lowest BCUT2D eigenvalue weighted by molar-refractivity contribution is -0.134. The maximum atomic E-state index is 12.6. The second-order valence-corrected chi connectivity index (χ2v) is 11.7. The summed E-state index contributed by atoms with van der Waals surface area (Å²) in [5, 5.41) is 9.00. The van der Waals surface area contributed by atoms with E-state index in [0.717, 1.165) is 39.2 Å². The van der Waals surface area contributed by atoms with Crippen molar-refractivity contribution in [2.24, 2.45) is 0 Å². The van der Waals surface area contributed by atoms with Crippen LogP contribution in [-0.2, 0) is 4.79 Å². The Morgan fingerprint density at radius 3 is 2.69 bits per heavy atom. The van der Waals surface area contributed by atoms with Crippen molar-refractivity contribution in [2.75, 3.05) is 32.0 Å². The van der Waals surface area contributed by atoms with E-state index in [4.69, 9.17) is 17.0 Å². The molecule has 35 heavy (non-hydrogen) atoms. The molecule has 0 unspecified atom stereocenters. The number of thiazole rings is 1. The van der Waals surface area contributed by atoms with Gasteiger partial charge in [0.25, 0.3) is 11.8 Å². The van der Waals surface area contributed by atoms with Gasteiger partial charge in [0.2, 0.25) is 0 Å². The number of benzene rings is 1. The second-order valence-electron chi connectivity index (χ2n) is 9.07. The number of rotatable bonds is 9. The Balaban J connectivity index is 1.16. The minimum atomic E-state index is -0.148. The van der Waals surface area contributed by atoms with Crippen LogP contribution in [0.5, 0.6) is 5.75 Å². The molecule has 2 heterocycles. The number of aromatic nitrogens is 1. The first-order chi connectivity index (χ1) is 16.9. The zero-order chi connectivity index (χ0) is 24.8. The van der Waals surface area contributed by atoms with Crippen LogP contribution >= 0.6 is 35.3 Å². The van der Waals surface area contributed by atoms with Crippen molar-refractivity contribution in [1.82, 2.24) is 20.5 Å². The molecule has 1 saturated carbocycles. The van der Waals surface area contributed by atoms with E-state index in [2.05, 4.69) is 22.5 Å². The molecule has 2 fully saturated rings. The summed E-state index contributed by atoms with van der Waals surface area (Å²) in [4.78, 5) is 31.5. The largest absolute Gasteiger partial charge is 0.484 e. The number of hydrogen-bond acceptors (Lipinski definition) is 7. The van der Waals surface area contributed by atoms with Crippen LogP contribution in [0.4, 0.5) is 0 Å². The highest BCUT2D eigenvalue weighted by Crippen LogP contribution is 2.30. The molecule has 2 amide bonds. The van der Waals surface area contributed by atoms with Gasteiger partial charge >= 0.3 is 0 Å². The molecule has 2 aromatic rings. The fourth-order valence-electron chi connectivity index (χ4n) is 3.83. The second kappa shape index (κ2) is 12.2. The van der Waals surface area contributed by atoms with Crippen molar-refractivity contribution < 1.29 is 14.3 Å². The number of amides is 2. The van der Waals surface area contributed by atoms with Crippen molar-refractivity contribution >= 4 is 51.5 Å². The van der Waals surface area contributed by atoms with Crippen molar-refractivity contribution in [2.45, 2.75) is 51.5 Å². The number of carbonyl (C=O) groups is 2. The standard InChI is InChI=1S/C25H32N4O3S3/c1-16-3-6-20(13-17(16)2)32-14-22(30)29-10-7-18(8-11-29)24-28-21(15-35-24)23(31)26-9-12-34-25(33)27-19-4-5-19/h3,6,13,15,18-19H,4-5,7-12,14H2,1-2H3,(H,26,31)(H,27,33). The Morgan fingerprint density at radius 1 is 1.20 bits per heavy atom. The number of nitrogens with one attached hydrogen (secondary N) is 2. The van der Waals surface area contributed by atoms with Crippen molar-refractivity contribution in [3.05, 3.63) is 45.4 Å². The maximum Gasteiger partial charge on any atom is 0.270 e. The number of hydrogen-bond donors (Lipinski definition) is 2. The monoisotopic (exact) mass is 532 g/mol. The van der Waals surface area contributed by atoms with Gasteiger partial charge in [0.1, 0.15) is 15.8 Å². The summed E-state index contributed by atoms with van der Waals surface area (Å²) in [6.45, 7) is 6.03. The van der Waals surface area contributed by atoms with Crippen LogP contribution in [-0.4, -0.2) is 64.1 Å². The Bertz CT molecular complexity index is 1060. The van der Waals surface area contributed by atoms with Crippen LogP contribution in [0.3, 0.4) is 0 Å². The topological polar surface area (TPSA) is 83.6 Å². The average molecular weight is 533 g/mol. The molecule has 188 valence electrons. The van der Waals surface area contributed by atoms with E-state index >= 15 is 0 Å². The highest BCUT2D eigenvalue weighted by atomic mass is 32.2. The average Bonchev–Trinajstić information content (AvgIpc) is 3.53. The zero-order valence-electron chi connectivity index (χ0n) is 20.2. The Labute approximate surface area is 220 Å². The number of aryl methyl sites for hydroxylation is 2. The van der Waals surface area contributed by atoms with E-state index in [1.165, 1.54) is 29.7 Å². The SMILES string of the molecule is Cc1ccc(OCC(=O)N2CCC(c3nc(C(=O)NCCSC(=S)NC4CC4)cs3)CC2)cc1C. The molecule has 1 saturated heterocycles. The molecule has 7 nitrogen and oxygen atoms in total. The van der Waals surface area contributed by atoms with E-state index < -0.39 is 0 Å². The van der Waals surface area contributed by atoms with Gasteiger partial charge in [0.05, 0.1) is 5.01 Å². The van der Waals surface area contributed by atoms with E-state index in [0.29, 0.717) is 31.4 Å². The Hall–Kier alpha value is -2.17. The third kappa shape index (κ3) is 7.65. The minimum absolute atomic E-state index is 0.00515. The van der Waals surface area contributed by atoms with Crippen molar-refractivity contribution in [3.63, 3.8) is 0 Å². The lowest BCUT2D eigenvalue weighted by atomic mass is 9.97. The fraction of sp³-hybridized carbons (Fsp3) is 0.520. The fourth-order valence-corrected chi connectivity index (χ4v) is 5.86. The van der Waals surface area contributed by atoms with Crippen molar-refractivity contribution in [3.8, 4) is 5.75 Å². The van der Waals surface area contributed by atoms with Gasteiger partial charge in [-0.25, -0.2) is 4.98 Å². The molecule has 0 spiro atoms. The summed E-state index contributed by atoms with van der Waals surface area (Å²) in [5.74, 6) is 1.59. The van der Waals surface area contributed by atoms with E-state index in [9.17, 15) is 9.59 Å². The first-order valence-electron chi connectivity index (χ1n) is 12.0. The van der Waals surface area contributed by atoms with Gasteiger partial charge in [-0.3, -0.25) is 9.59 Å². The predicted molar refractivity (Wildman–Crippen MR) is 146 cm³/mol. The summed E-state index contributed by atoms with van der Waals surface area (Å²) in [7, 11) is 0. The highest BCUT2D eigenvalue weighted by Gasteiger charge is 2.26. The van der Waals surface area contributed by atoms with Crippen LogP contribution in [0.1, 0.15) is 58.2 Å². The molecule has 0 bridgehead atoms. The molecule has 1 aromatic carbocycles. The molecule has 10 heteroatoms. The van der Waals surface area contributed by atoms with E-state index in [1.54, 1.807) is 11.8 Å². The van der Waals surface area contributed by atoms with Gasteiger partial charge in [-0.1, -0.05) is 30.0 Å². The Kier molecular flexibility index (Phi) is 9.02. The number of nitrogens with zero attached hydrogens (tertiary/aromatic N) is 2. The molecule has 0 atom stereocenters. The highest BCUT2D eigenvalue weighted by molar-refractivity contribution is 8.22. The van der Waals surface area contributed by atoms with Gasteiger partial charge in [-0.05, 0) is 62.8 Å². The molecule has 4 rings (SSSR count). The molecule has 2 N–H and O–H groups in total. The molecule has 1 aliphatic heterocycles. The Morgan fingerprint density at radius 2 is 1.97 bits per heavy atom. The van der Waals surface area contributed by atoms with Crippen LogP contribution in [0.25, 0.3) is 0 Å². The lowest BCUT2D eigenvalue weighted by Gasteiger charge is -2.31. The minimum Gasteiger partial charge on any atom is -0.484 e. The van der Waals surface area contributed by atoms with Gasteiger partial charge in [-0.15, -0.1) is 11.3 Å². The lowest BCUT2D eigenvalue weighted by Crippen LogP contribution is -2.40. The molecule has 1 aromatic heterocycles. The van der Waals surface area contributed by atoms with E-state index in [1.807, 2.05) is 35.4 Å². The molecule has 1 aliphatic carbocycles. The number of thiocarbonyl (C=S) groups is 1. The zero-order valence-corrected chi connectivity index (χ0v) is 22.6. The molecular formula is C25H32N4O3S3. The summed E-state index contributed by atoms with van der Waals surface area (Å²) in [6, 6.07) is 6.42. The first kappa shape index (κ1) is 25.9. The molecule has 2 aliphatic rings. The number of thioether (sulfide) groups is 1. The third-order valence-corrected chi connectivity index (χ3v) is 8.58. The summed E-state index contributed by atoms with van der Waals surface area (Å²) in [5.41, 5.74) is 2.82. The van der Waals surface area contributed by atoms with Crippen molar-refractivity contribution in [1.29, 1.82) is 0 Å². The summed E-state index contributed by atoms with van der Waals surface area (Å²) in [6.07, 6.45) is 4.07. The van der Waals surface area contributed by atoms with Crippen LogP contribution in [0, 0.1) is 13.8 Å². The smallest absolute Gasteiger partial charge is 0.270 e. The number of piperidine rings is 1. The quantitative estimate of drug-likeness (QED) is 0.372. The number of likely N-dealkylation sites (tertiary alicyclic amines) is 1. The number of carbonyl (C=O) groups excluding carboxylic acids is 2. The summed E-state index contributed by atoms with van der Waals surface area (Å²) < 4.78 is 6.52. The van der Waals surface area contributed by atoms with Crippen LogP contribution in [0.15, 0.2) is 23.6 Å². The predicted octanol–water partition coefficient (Wildman–Crippen LogP) is 4.04. The molecular weight excluding hydrogens is 501 g/mol. The van der Waals surface area contributed by atoms with Gasteiger partial charge < -0.3 is 20.3 Å². The van der Waals surface area contributed by atoms with Crippen LogP contribution < -0.4 is 15.4 Å².